The van der Waals surface area contributed by atoms with Gasteiger partial charge in [0.15, 0.2) is 6.61 Å². The Balaban J connectivity index is 1.17. The number of nitrogens with one attached hydrogen (secondary N) is 3. The maximum Gasteiger partial charge on any atom is 0.422 e. The third-order valence-corrected chi connectivity index (χ3v) is 8.07. The van der Waals surface area contributed by atoms with Crippen LogP contribution in [0, 0.1) is 5.82 Å². The Labute approximate surface area is 295 Å². The molecule has 1 saturated carbocycles. The number of benzene rings is 3. The molecule has 0 atom stereocenters. The van der Waals surface area contributed by atoms with Gasteiger partial charge >= 0.3 is 24.0 Å². The number of ether oxygens (including phenoxy) is 1. The van der Waals surface area contributed by atoms with E-state index >= 15 is 0 Å². The molecule has 1 aliphatic rings. The fourth-order valence-corrected chi connectivity index (χ4v) is 5.12. The number of hydrogen-bond acceptors (Lipinski definition) is 9. The summed E-state index contributed by atoms with van der Waals surface area (Å²) in [6.45, 7) is -1.16. The Kier molecular flexibility index (Phi) is 11.2. The van der Waals surface area contributed by atoms with E-state index in [1.54, 1.807) is 43.4 Å². The van der Waals surface area contributed by atoms with Crippen molar-refractivity contribution in [3.05, 3.63) is 94.8 Å². The van der Waals surface area contributed by atoms with Crippen molar-refractivity contribution in [1.29, 1.82) is 0 Å². The van der Waals surface area contributed by atoms with Crippen molar-refractivity contribution >= 4 is 52.6 Å². The van der Waals surface area contributed by atoms with E-state index in [4.69, 9.17) is 16.3 Å². The van der Waals surface area contributed by atoms with Crippen molar-refractivity contribution in [1.82, 2.24) is 24.8 Å². The number of aromatic nitrogens is 3. The van der Waals surface area contributed by atoms with Gasteiger partial charge in [0, 0.05) is 49.1 Å². The van der Waals surface area contributed by atoms with Gasteiger partial charge in [-0.15, -0.1) is 0 Å². The first-order chi connectivity index (χ1) is 24.2. The minimum Gasteiger partial charge on any atom is -0.454 e. The first-order valence-corrected chi connectivity index (χ1v) is 16.0. The summed E-state index contributed by atoms with van der Waals surface area (Å²) in [4.78, 5) is 52.8. The standard InChI is InChI=1S/C34H33ClF4N8O4/c1-46(17-4-18-47(2)29(50)27(48)40-26-6-3-5-24(36)19-26)28(49)21-7-13-25(14-8-21)41-30-42-31(44-32(43-30)51-20-34(37,38)39)45-33(15-16-33)22-9-11-23(35)12-10-22/h3,5-14,19H,4,15-18,20H2,1-2H3,(H,40,48)(H2,41,42,43,44,45). The summed E-state index contributed by atoms with van der Waals surface area (Å²) in [6.07, 6.45) is -2.78. The number of anilines is 4. The van der Waals surface area contributed by atoms with Crippen LogP contribution in [0.15, 0.2) is 72.8 Å². The van der Waals surface area contributed by atoms with Gasteiger partial charge in [0.1, 0.15) is 5.82 Å². The number of halogens is 5. The van der Waals surface area contributed by atoms with Crippen molar-refractivity contribution in [2.45, 2.75) is 31.0 Å². The molecular formula is C34H33ClF4N8O4. The number of alkyl halides is 3. The van der Waals surface area contributed by atoms with E-state index in [2.05, 4.69) is 30.9 Å². The molecular weight excluding hydrogens is 696 g/mol. The van der Waals surface area contributed by atoms with E-state index in [0.29, 0.717) is 22.7 Å². The Bertz CT molecular complexity index is 1880. The maximum absolute atomic E-state index is 13.4. The summed E-state index contributed by atoms with van der Waals surface area (Å²) >= 11 is 6.02. The number of carbonyl (C=O) groups excluding carboxylic acids is 3. The van der Waals surface area contributed by atoms with Gasteiger partial charge in [0.05, 0.1) is 5.54 Å². The molecule has 5 rings (SSSR count). The number of carbonyl (C=O) groups is 3. The Morgan fingerprint density at radius 3 is 2.20 bits per heavy atom. The van der Waals surface area contributed by atoms with E-state index in [1.807, 2.05) is 12.1 Å². The van der Waals surface area contributed by atoms with Crippen LogP contribution in [-0.4, -0.2) is 82.4 Å². The third kappa shape index (κ3) is 10.3. The molecule has 1 heterocycles. The first kappa shape index (κ1) is 36.8. The first-order valence-electron chi connectivity index (χ1n) is 15.6. The van der Waals surface area contributed by atoms with E-state index < -0.39 is 42.0 Å². The second-order valence-electron chi connectivity index (χ2n) is 11.9. The average Bonchev–Trinajstić information content (AvgIpc) is 3.87. The van der Waals surface area contributed by atoms with E-state index in [9.17, 15) is 31.9 Å². The number of nitrogens with zero attached hydrogens (tertiary/aromatic N) is 5. The summed E-state index contributed by atoms with van der Waals surface area (Å²) in [5.74, 6) is -2.68. The van der Waals surface area contributed by atoms with Gasteiger partial charge in [0.2, 0.25) is 11.9 Å². The van der Waals surface area contributed by atoms with Crippen LogP contribution in [0.3, 0.4) is 0 Å². The zero-order valence-corrected chi connectivity index (χ0v) is 28.2. The van der Waals surface area contributed by atoms with Gasteiger partial charge in [-0.2, -0.15) is 28.1 Å². The van der Waals surface area contributed by atoms with Crippen molar-refractivity contribution in [2.75, 3.05) is 49.7 Å². The zero-order valence-electron chi connectivity index (χ0n) is 27.4. The molecule has 0 saturated heterocycles. The summed E-state index contributed by atoms with van der Waals surface area (Å²) in [5.41, 5.74) is 1.31. The Morgan fingerprint density at radius 1 is 0.882 bits per heavy atom. The van der Waals surface area contributed by atoms with Gasteiger partial charge in [-0.05, 0) is 79.4 Å². The van der Waals surface area contributed by atoms with Crippen LogP contribution >= 0.6 is 11.6 Å². The molecule has 0 radical (unpaired) electrons. The normalized spacial score (nSPS) is 13.2. The highest BCUT2D eigenvalue weighted by Crippen LogP contribution is 2.48. The van der Waals surface area contributed by atoms with Gasteiger partial charge in [0.25, 0.3) is 5.91 Å². The quantitative estimate of drug-likeness (QED) is 0.112. The van der Waals surface area contributed by atoms with Gasteiger partial charge in [-0.25, -0.2) is 4.39 Å². The van der Waals surface area contributed by atoms with Gasteiger partial charge in [-0.3, -0.25) is 14.4 Å². The summed E-state index contributed by atoms with van der Waals surface area (Å²) in [5, 5.41) is 9.04. The van der Waals surface area contributed by atoms with Gasteiger partial charge in [-0.1, -0.05) is 29.8 Å². The maximum atomic E-state index is 13.4. The second kappa shape index (κ2) is 15.6. The minimum atomic E-state index is -4.61. The number of amides is 3. The molecule has 1 fully saturated rings. The van der Waals surface area contributed by atoms with Crippen LogP contribution < -0.4 is 20.7 Å². The SMILES string of the molecule is CN(CCCN(C)C(=O)c1ccc(Nc2nc(NC3(c4ccc(Cl)cc4)CC3)nc(OCC(F)(F)F)n2)cc1)C(=O)C(=O)Nc1cccc(F)c1. The highest BCUT2D eigenvalue weighted by molar-refractivity contribution is 6.39. The second-order valence-corrected chi connectivity index (χ2v) is 12.3. The lowest BCUT2D eigenvalue weighted by Crippen LogP contribution is -2.39. The van der Waals surface area contributed by atoms with Crippen LogP contribution in [0.5, 0.6) is 6.01 Å². The zero-order chi connectivity index (χ0) is 36.8. The van der Waals surface area contributed by atoms with E-state index in [-0.39, 0.29) is 36.6 Å². The molecule has 1 aliphatic carbocycles. The highest BCUT2D eigenvalue weighted by Gasteiger charge is 2.45. The van der Waals surface area contributed by atoms with Crippen LogP contribution in [-0.2, 0) is 15.1 Å². The van der Waals surface area contributed by atoms with Crippen molar-refractivity contribution in [3.63, 3.8) is 0 Å². The fraction of sp³-hybridized carbons (Fsp3) is 0.294. The van der Waals surface area contributed by atoms with Crippen LogP contribution in [0.25, 0.3) is 0 Å². The third-order valence-electron chi connectivity index (χ3n) is 7.82. The van der Waals surface area contributed by atoms with E-state index in [1.165, 1.54) is 35.0 Å². The number of rotatable bonds is 13. The number of hydrogen-bond donors (Lipinski definition) is 3. The molecule has 3 amide bonds. The Morgan fingerprint density at radius 2 is 1.55 bits per heavy atom. The topological polar surface area (TPSA) is 142 Å². The molecule has 3 aromatic carbocycles. The summed E-state index contributed by atoms with van der Waals surface area (Å²) < 4.78 is 57.0. The number of likely N-dealkylation sites (N-methyl/N-ethyl adjacent to an activating group) is 1. The molecule has 0 unspecified atom stereocenters. The summed E-state index contributed by atoms with van der Waals surface area (Å²) in [7, 11) is 3.03. The molecule has 4 aromatic rings. The molecule has 51 heavy (non-hydrogen) atoms. The summed E-state index contributed by atoms with van der Waals surface area (Å²) in [6, 6.07) is 18.1. The largest absolute Gasteiger partial charge is 0.454 e. The van der Waals surface area contributed by atoms with E-state index in [0.717, 1.165) is 24.5 Å². The molecule has 268 valence electrons. The van der Waals surface area contributed by atoms with Crippen molar-refractivity contribution < 1.29 is 36.7 Å². The van der Waals surface area contributed by atoms with Gasteiger partial charge < -0.3 is 30.5 Å². The predicted molar refractivity (Wildman–Crippen MR) is 181 cm³/mol. The average molecular weight is 729 g/mol. The molecule has 17 heteroatoms. The van der Waals surface area contributed by atoms with Crippen LogP contribution in [0.4, 0.5) is 40.8 Å². The fourth-order valence-electron chi connectivity index (χ4n) is 4.99. The lowest BCUT2D eigenvalue weighted by molar-refractivity contribution is -0.154. The molecule has 12 nitrogen and oxygen atoms in total. The lowest BCUT2D eigenvalue weighted by Gasteiger charge is -2.21. The molecule has 0 bridgehead atoms. The Hall–Kier alpha value is -5.51. The predicted octanol–water partition coefficient (Wildman–Crippen LogP) is 6.01. The molecule has 0 spiro atoms. The molecule has 3 N–H and O–H groups in total. The lowest BCUT2D eigenvalue weighted by atomic mass is 10.1. The molecule has 1 aromatic heterocycles. The smallest absolute Gasteiger partial charge is 0.422 e. The molecule has 0 aliphatic heterocycles. The van der Waals surface area contributed by atoms with Crippen LogP contribution in [0.1, 0.15) is 35.2 Å². The van der Waals surface area contributed by atoms with Crippen LogP contribution in [0.2, 0.25) is 5.02 Å². The highest BCUT2D eigenvalue weighted by atomic mass is 35.5. The van der Waals surface area contributed by atoms with Crippen molar-refractivity contribution in [2.24, 2.45) is 0 Å². The monoisotopic (exact) mass is 728 g/mol. The van der Waals surface area contributed by atoms with Crippen molar-refractivity contribution in [3.8, 4) is 6.01 Å². The minimum absolute atomic E-state index is 0.00473.